The standard InChI is InChI=1S/C15H22N2O5S/c1-10(2)16-14(18)9-22-15(19)13-8-12(7-6-11(13)3)23(20,21)17(4)5/h6-8,10H,9H2,1-5H3,(H,16,18). The third kappa shape index (κ3) is 5.04. The maximum atomic E-state index is 12.1. The number of aryl methyl sites for hydroxylation is 1. The highest BCUT2D eigenvalue weighted by Gasteiger charge is 2.21. The molecule has 7 nitrogen and oxygen atoms in total. The molecule has 0 saturated heterocycles. The number of hydrogen-bond donors (Lipinski definition) is 1. The van der Waals surface area contributed by atoms with E-state index in [1.165, 1.54) is 32.3 Å². The molecule has 1 aromatic carbocycles. The van der Waals surface area contributed by atoms with Crippen molar-refractivity contribution in [1.29, 1.82) is 0 Å². The molecular weight excluding hydrogens is 320 g/mol. The number of rotatable bonds is 6. The Morgan fingerprint density at radius 3 is 2.39 bits per heavy atom. The quantitative estimate of drug-likeness (QED) is 0.776. The zero-order valence-electron chi connectivity index (χ0n) is 13.9. The average molecular weight is 342 g/mol. The van der Waals surface area contributed by atoms with E-state index < -0.39 is 28.5 Å². The van der Waals surface area contributed by atoms with Gasteiger partial charge in [-0.05, 0) is 38.5 Å². The summed E-state index contributed by atoms with van der Waals surface area (Å²) in [4.78, 5) is 23.6. The lowest BCUT2D eigenvalue weighted by atomic mass is 10.1. The SMILES string of the molecule is Cc1ccc(S(=O)(=O)N(C)C)cc1C(=O)OCC(=O)NC(C)C. The second-order valence-corrected chi connectivity index (χ2v) is 7.71. The smallest absolute Gasteiger partial charge is 0.338 e. The molecular formula is C15H22N2O5S. The van der Waals surface area contributed by atoms with E-state index >= 15 is 0 Å². The fraction of sp³-hybridized carbons (Fsp3) is 0.467. The number of esters is 1. The Bertz CT molecular complexity index is 696. The topological polar surface area (TPSA) is 92.8 Å². The minimum Gasteiger partial charge on any atom is -0.452 e. The van der Waals surface area contributed by atoms with Crippen molar-refractivity contribution in [2.75, 3.05) is 20.7 Å². The summed E-state index contributed by atoms with van der Waals surface area (Å²) in [6.45, 7) is 4.83. The largest absolute Gasteiger partial charge is 0.452 e. The number of nitrogens with zero attached hydrogens (tertiary/aromatic N) is 1. The molecule has 0 aliphatic rings. The van der Waals surface area contributed by atoms with Gasteiger partial charge >= 0.3 is 5.97 Å². The van der Waals surface area contributed by atoms with Gasteiger partial charge in [-0.1, -0.05) is 6.07 Å². The number of amides is 1. The van der Waals surface area contributed by atoms with E-state index in [1.54, 1.807) is 20.8 Å². The molecule has 0 heterocycles. The Kier molecular flexibility index (Phi) is 6.28. The van der Waals surface area contributed by atoms with Gasteiger partial charge < -0.3 is 10.1 Å². The van der Waals surface area contributed by atoms with Crippen molar-refractivity contribution >= 4 is 21.9 Å². The normalized spacial score (nSPS) is 11.6. The summed E-state index contributed by atoms with van der Waals surface area (Å²) in [5, 5.41) is 2.60. The molecule has 0 aromatic heterocycles. The monoisotopic (exact) mass is 342 g/mol. The highest BCUT2D eigenvalue weighted by Crippen LogP contribution is 2.18. The Balaban J connectivity index is 2.96. The number of ether oxygens (including phenoxy) is 1. The first-order chi connectivity index (χ1) is 10.6. The number of benzene rings is 1. The van der Waals surface area contributed by atoms with Crippen LogP contribution in [0, 0.1) is 6.92 Å². The van der Waals surface area contributed by atoms with Crippen molar-refractivity contribution in [2.45, 2.75) is 31.7 Å². The Labute approximate surface area is 136 Å². The molecule has 0 aliphatic carbocycles. The fourth-order valence-electron chi connectivity index (χ4n) is 1.76. The Morgan fingerprint density at radius 2 is 1.87 bits per heavy atom. The lowest BCUT2D eigenvalue weighted by Crippen LogP contribution is -2.34. The van der Waals surface area contributed by atoms with Crippen LogP contribution in [-0.2, 0) is 19.6 Å². The summed E-state index contributed by atoms with van der Waals surface area (Å²) in [5.74, 6) is -1.15. The first-order valence-electron chi connectivity index (χ1n) is 7.05. The van der Waals surface area contributed by atoms with Crippen LogP contribution in [0.1, 0.15) is 29.8 Å². The molecule has 0 bridgehead atoms. The van der Waals surface area contributed by atoms with Crippen LogP contribution in [0.15, 0.2) is 23.1 Å². The second-order valence-electron chi connectivity index (χ2n) is 5.56. The maximum absolute atomic E-state index is 12.1. The summed E-state index contributed by atoms with van der Waals surface area (Å²) in [5.41, 5.74) is 0.683. The predicted octanol–water partition coefficient (Wildman–Crippen LogP) is 0.927. The third-order valence-corrected chi connectivity index (χ3v) is 4.80. The van der Waals surface area contributed by atoms with E-state index in [1.807, 2.05) is 0 Å². The lowest BCUT2D eigenvalue weighted by Gasteiger charge is -2.14. The second kappa shape index (κ2) is 7.56. The van der Waals surface area contributed by atoms with Gasteiger partial charge in [-0.15, -0.1) is 0 Å². The number of hydrogen-bond acceptors (Lipinski definition) is 5. The van der Waals surface area contributed by atoms with Crippen LogP contribution in [0.5, 0.6) is 0 Å². The molecule has 0 atom stereocenters. The molecule has 23 heavy (non-hydrogen) atoms. The number of carbonyl (C=O) groups is 2. The summed E-state index contributed by atoms with van der Waals surface area (Å²) >= 11 is 0. The molecule has 1 N–H and O–H groups in total. The van der Waals surface area contributed by atoms with Gasteiger partial charge in [0.25, 0.3) is 5.91 Å². The molecule has 0 aliphatic heterocycles. The third-order valence-electron chi connectivity index (χ3n) is 2.99. The Morgan fingerprint density at radius 1 is 1.26 bits per heavy atom. The van der Waals surface area contributed by atoms with Crippen molar-refractivity contribution in [3.8, 4) is 0 Å². The van der Waals surface area contributed by atoms with Crippen LogP contribution < -0.4 is 5.32 Å². The van der Waals surface area contributed by atoms with Crippen LogP contribution in [0.3, 0.4) is 0 Å². The molecule has 1 amide bonds. The zero-order valence-corrected chi connectivity index (χ0v) is 14.7. The molecule has 0 radical (unpaired) electrons. The van der Waals surface area contributed by atoms with Gasteiger partial charge in [-0.25, -0.2) is 17.5 Å². The first-order valence-corrected chi connectivity index (χ1v) is 8.49. The van der Waals surface area contributed by atoms with Gasteiger partial charge in [0.05, 0.1) is 10.5 Å². The van der Waals surface area contributed by atoms with E-state index in [4.69, 9.17) is 4.74 Å². The van der Waals surface area contributed by atoms with Crippen molar-refractivity contribution in [2.24, 2.45) is 0 Å². The van der Waals surface area contributed by atoms with E-state index in [2.05, 4.69) is 5.32 Å². The van der Waals surface area contributed by atoms with Crippen LogP contribution in [0.4, 0.5) is 0 Å². The summed E-state index contributed by atoms with van der Waals surface area (Å²) < 4.78 is 30.2. The minimum atomic E-state index is -3.65. The van der Waals surface area contributed by atoms with Crippen molar-refractivity contribution in [3.05, 3.63) is 29.3 Å². The number of carbonyl (C=O) groups excluding carboxylic acids is 2. The molecule has 0 fully saturated rings. The van der Waals surface area contributed by atoms with Crippen molar-refractivity contribution in [1.82, 2.24) is 9.62 Å². The van der Waals surface area contributed by atoms with Gasteiger partial charge in [-0.3, -0.25) is 4.79 Å². The van der Waals surface area contributed by atoms with Crippen LogP contribution in [0.2, 0.25) is 0 Å². The van der Waals surface area contributed by atoms with E-state index in [9.17, 15) is 18.0 Å². The average Bonchev–Trinajstić information content (AvgIpc) is 2.44. The maximum Gasteiger partial charge on any atom is 0.338 e. The molecule has 0 spiro atoms. The van der Waals surface area contributed by atoms with E-state index in [0.29, 0.717) is 5.56 Å². The fourth-order valence-corrected chi connectivity index (χ4v) is 2.69. The van der Waals surface area contributed by atoms with Crippen LogP contribution in [0.25, 0.3) is 0 Å². The predicted molar refractivity (Wildman–Crippen MR) is 85.6 cm³/mol. The van der Waals surface area contributed by atoms with Gasteiger partial charge in [0.1, 0.15) is 0 Å². The van der Waals surface area contributed by atoms with Gasteiger partial charge in [0, 0.05) is 20.1 Å². The van der Waals surface area contributed by atoms with E-state index in [-0.39, 0.29) is 16.5 Å². The lowest BCUT2D eigenvalue weighted by molar-refractivity contribution is -0.124. The molecule has 128 valence electrons. The van der Waals surface area contributed by atoms with E-state index in [0.717, 1.165) is 4.31 Å². The van der Waals surface area contributed by atoms with Gasteiger partial charge in [-0.2, -0.15) is 0 Å². The highest BCUT2D eigenvalue weighted by molar-refractivity contribution is 7.89. The highest BCUT2D eigenvalue weighted by atomic mass is 32.2. The summed E-state index contributed by atoms with van der Waals surface area (Å²) in [7, 11) is -0.838. The van der Waals surface area contributed by atoms with Gasteiger partial charge in [0.2, 0.25) is 10.0 Å². The molecule has 1 aromatic rings. The number of sulfonamides is 1. The van der Waals surface area contributed by atoms with Gasteiger partial charge in [0.15, 0.2) is 6.61 Å². The summed E-state index contributed by atoms with van der Waals surface area (Å²) in [6, 6.07) is 4.15. The Hall–Kier alpha value is -1.93. The zero-order chi connectivity index (χ0) is 17.8. The molecule has 0 saturated carbocycles. The van der Waals surface area contributed by atoms with Crippen molar-refractivity contribution in [3.63, 3.8) is 0 Å². The summed E-state index contributed by atoms with van der Waals surface area (Å²) in [6.07, 6.45) is 0. The molecule has 8 heteroatoms. The first kappa shape index (κ1) is 19.1. The van der Waals surface area contributed by atoms with Crippen molar-refractivity contribution < 1.29 is 22.7 Å². The molecule has 1 rings (SSSR count). The van der Waals surface area contributed by atoms with Crippen LogP contribution >= 0.6 is 0 Å². The molecule has 0 unspecified atom stereocenters. The number of nitrogens with one attached hydrogen (secondary N) is 1. The van der Waals surface area contributed by atoms with Crippen LogP contribution in [-0.4, -0.2) is 51.3 Å². The minimum absolute atomic E-state index is 0.00770.